The van der Waals surface area contributed by atoms with E-state index in [1.807, 2.05) is 0 Å². The highest BCUT2D eigenvalue weighted by atomic mass is 35.5. The Hall–Kier alpha value is -0.600. The van der Waals surface area contributed by atoms with Crippen molar-refractivity contribution < 1.29 is 4.39 Å². The Balaban J connectivity index is 2.31. The molecule has 1 N–H and O–H groups in total. The highest BCUT2D eigenvalue weighted by molar-refractivity contribution is 6.31. The average Bonchev–Trinajstić information content (AvgIpc) is 2.51. The molecule has 2 atom stereocenters. The molecule has 0 radical (unpaired) electrons. The molecule has 14 heavy (non-hydrogen) atoms. The van der Waals surface area contributed by atoms with E-state index in [0.29, 0.717) is 16.6 Å². The topological polar surface area (TPSA) is 12.0 Å². The van der Waals surface area contributed by atoms with E-state index in [0.717, 1.165) is 13.0 Å². The van der Waals surface area contributed by atoms with Crippen molar-refractivity contribution in [2.75, 3.05) is 6.54 Å². The largest absolute Gasteiger partial charge is 0.314 e. The minimum absolute atomic E-state index is 0.182. The number of benzene rings is 1. The zero-order valence-electron chi connectivity index (χ0n) is 8.06. The molecule has 1 aromatic rings. The van der Waals surface area contributed by atoms with E-state index in [9.17, 15) is 4.39 Å². The lowest BCUT2D eigenvalue weighted by Gasteiger charge is -2.11. The molecule has 76 valence electrons. The molecule has 0 aliphatic carbocycles. The van der Waals surface area contributed by atoms with Gasteiger partial charge in [0.25, 0.3) is 0 Å². The van der Waals surface area contributed by atoms with Crippen molar-refractivity contribution in [2.45, 2.75) is 25.3 Å². The quantitative estimate of drug-likeness (QED) is 0.757. The van der Waals surface area contributed by atoms with Crippen molar-refractivity contribution in [1.29, 1.82) is 0 Å². The molecule has 0 spiro atoms. The van der Waals surface area contributed by atoms with Gasteiger partial charge in [0.15, 0.2) is 0 Å². The van der Waals surface area contributed by atoms with E-state index >= 15 is 0 Å². The molecule has 3 heteroatoms. The van der Waals surface area contributed by atoms with Gasteiger partial charge in [0.05, 0.1) is 0 Å². The first kappa shape index (κ1) is 9.94. The van der Waals surface area contributed by atoms with Crippen molar-refractivity contribution in [3.05, 3.63) is 34.6 Å². The molecular weight excluding hydrogens is 201 g/mol. The molecule has 1 saturated heterocycles. The zero-order chi connectivity index (χ0) is 10.1. The fourth-order valence-electron chi connectivity index (χ4n) is 2.06. The summed E-state index contributed by atoms with van der Waals surface area (Å²) < 4.78 is 13.5. The summed E-state index contributed by atoms with van der Waals surface area (Å²) in [5.74, 6) is 0.0390. The van der Waals surface area contributed by atoms with Crippen molar-refractivity contribution in [3.63, 3.8) is 0 Å². The van der Waals surface area contributed by atoms with Gasteiger partial charge < -0.3 is 5.32 Å². The number of hydrogen-bond donors (Lipinski definition) is 1. The fraction of sp³-hybridized carbons (Fsp3) is 0.455. The summed E-state index contributed by atoms with van der Waals surface area (Å²) in [6.07, 6.45) is 0.959. The van der Waals surface area contributed by atoms with E-state index in [-0.39, 0.29) is 11.7 Å². The second-order valence-electron chi connectivity index (χ2n) is 3.88. The number of hydrogen-bond acceptors (Lipinski definition) is 1. The lowest BCUT2D eigenvalue weighted by Crippen LogP contribution is -2.16. The van der Waals surface area contributed by atoms with Crippen LogP contribution in [0.3, 0.4) is 0 Å². The molecule has 1 aliphatic rings. The smallest absolute Gasteiger partial charge is 0.128 e. The zero-order valence-corrected chi connectivity index (χ0v) is 8.81. The predicted molar refractivity (Wildman–Crippen MR) is 56.2 cm³/mol. The molecule has 1 heterocycles. The van der Waals surface area contributed by atoms with Crippen LogP contribution in [-0.4, -0.2) is 12.6 Å². The normalized spacial score (nSPS) is 26.8. The highest BCUT2D eigenvalue weighted by Crippen LogP contribution is 2.32. The third kappa shape index (κ3) is 1.77. The van der Waals surface area contributed by atoms with Crippen LogP contribution >= 0.6 is 11.6 Å². The van der Waals surface area contributed by atoms with E-state index in [4.69, 9.17) is 11.6 Å². The minimum Gasteiger partial charge on any atom is -0.314 e. The van der Waals surface area contributed by atoms with Crippen LogP contribution < -0.4 is 5.32 Å². The van der Waals surface area contributed by atoms with Gasteiger partial charge in [-0.25, -0.2) is 4.39 Å². The summed E-state index contributed by atoms with van der Waals surface area (Å²) in [7, 11) is 0. The number of halogens is 2. The summed E-state index contributed by atoms with van der Waals surface area (Å²) >= 11 is 5.99. The molecule has 0 saturated carbocycles. The first-order chi connectivity index (χ1) is 6.68. The third-order valence-corrected chi connectivity index (χ3v) is 3.09. The molecule has 0 amide bonds. The van der Waals surface area contributed by atoms with E-state index in [2.05, 4.69) is 12.2 Å². The summed E-state index contributed by atoms with van der Waals surface area (Å²) in [4.78, 5) is 0. The first-order valence-corrected chi connectivity index (χ1v) is 5.23. The maximum Gasteiger partial charge on any atom is 0.128 e. The Bertz CT molecular complexity index is 320. The van der Waals surface area contributed by atoms with Crippen molar-refractivity contribution in [3.8, 4) is 0 Å². The van der Waals surface area contributed by atoms with Crippen molar-refractivity contribution >= 4 is 11.6 Å². The summed E-state index contributed by atoms with van der Waals surface area (Å²) in [5, 5.41) is 3.84. The van der Waals surface area contributed by atoms with E-state index < -0.39 is 0 Å². The predicted octanol–water partition coefficient (Wildman–Crippen LogP) is 2.94. The molecule has 0 aromatic heterocycles. The van der Waals surface area contributed by atoms with E-state index in [1.54, 1.807) is 12.1 Å². The molecule has 0 bridgehead atoms. The Morgan fingerprint density at radius 2 is 2.29 bits per heavy atom. The van der Waals surface area contributed by atoms with Crippen LogP contribution in [0.15, 0.2) is 18.2 Å². The molecular formula is C11H13ClFN. The number of rotatable bonds is 1. The van der Waals surface area contributed by atoms with Gasteiger partial charge in [-0.3, -0.25) is 0 Å². The lowest BCUT2D eigenvalue weighted by molar-refractivity contribution is 0.585. The standard InChI is InChI=1S/C11H13ClFN/c1-7-5-8(6-14-7)11-9(12)3-2-4-10(11)13/h2-4,7-8,14H,5-6H2,1H3. The maximum atomic E-state index is 13.5. The first-order valence-electron chi connectivity index (χ1n) is 4.85. The van der Waals surface area contributed by atoms with Gasteiger partial charge in [-0.15, -0.1) is 0 Å². The van der Waals surface area contributed by atoms with Crippen LogP contribution in [0.5, 0.6) is 0 Å². The van der Waals surface area contributed by atoms with Crippen LogP contribution in [-0.2, 0) is 0 Å². The highest BCUT2D eigenvalue weighted by Gasteiger charge is 2.26. The van der Waals surface area contributed by atoms with Gasteiger partial charge in [0.1, 0.15) is 5.82 Å². The second-order valence-corrected chi connectivity index (χ2v) is 4.28. The molecule has 1 fully saturated rings. The minimum atomic E-state index is -0.182. The molecule has 1 aliphatic heterocycles. The fourth-order valence-corrected chi connectivity index (χ4v) is 2.37. The molecule has 2 unspecified atom stereocenters. The lowest BCUT2D eigenvalue weighted by atomic mass is 9.96. The van der Waals surface area contributed by atoms with Gasteiger partial charge in [0.2, 0.25) is 0 Å². The van der Waals surface area contributed by atoms with Crippen LogP contribution in [0, 0.1) is 5.82 Å². The third-order valence-electron chi connectivity index (χ3n) is 2.76. The molecule has 2 rings (SSSR count). The summed E-state index contributed by atoms with van der Waals surface area (Å²) in [6, 6.07) is 5.33. The van der Waals surface area contributed by atoms with Crippen LogP contribution in [0.1, 0.15) is 24.8 Å². The maximum absolute atomic E-state index is 13.5. The summed E-state index contributed by atoms with van der Waals surface area (Å²) in [6.45, 7) is 2.93. The monoisotopic (exact) mass is 213 g/mol. The van der Waals surface area contributed by atoms with Gasteiger partial charge in [-0.2, -0.15) is 0 Å². The Morgan fingerprint density at radius 1 is 1.50 bits per heavy atom. The van der Waals surface area contributed by atoms with Crippen LogP contribution in [0.4, 0.5) is 4.39 Å². The Kier molecular flexibility index (Phi) is 2.75. The van der Waals surface area contributed by atoms with Gasteiger partial charge in [0, 0.05) is 29.1 Å². The van der Waals surface area contributed by atoms with E-state index in [1.165, 1.54) is 6.07 Å². The number of nitrogens with one attached hydrogen (secondary N) is 1. The Labute approximate surface area is 88.3 Å². The Morgan fingerprint density at radius 3 is 2.86 bits per heavy atom. The van der Waals surface area contributed by atoms with Crippen molar-refractivity contribution in [2.24, 2.45) is 0 Å². The van der Waals surface area contributed by atoms with Crippen LogP contribution in [0.25, 0.3) is 0 Å². The average molecular weight is 214 g/mol. The van der Waals surface area contributed by atoms with Gasteiger partial charge >= 0.3 is 0 Å². The van der Waals surface area contributed by atoms with Crippen LogP contribution in [0.2, 0.25) is 5.02 Å². The SMILES string of the molecule is CC1CC(c2c(F)cccc2Cl)CN1. The van der Waals surface area contributed by atoms with Crippen molar-refractivity contribution in [1.82, 2.24) is 5.32 Å². The molecule has 1 aromatic carbocycles. The van der Waals surface area contributed by atoms with Gasteiger partial charge in [-0.1, -0.05) is 17.7 Å². The second kappa shape index (κ2) is 3.87. The summed E-state index contributed by atoms with van der Waals surface area (Å²) in [5.41, 5.74) is 0.672. The van der Waals surface area contributed by atoms with Gasteiger partial charge in [-0.05, 0) is 25.5 Å². The molecule has 1 nitrogen and oxygen atoms in total.